The Morgan fingerprint density at radius 2 is 0.695 bits per heavy atom. The van der Waals surface area contributed by atoms with E-state index in [1.54, 1.807) is 0 Å². The highest BCUT2D eigenvalue weighted by Crippen LogP contribution is 2.11. The van der Waals surface area contributed by atoms with E-state index in [0.29, 0.717) is 19.3 Å². The first-order valence-electron chi connectivity index (χ1n) is 23.4. The molecular formula is C53H84O6. The van der Waals surface area contributed by atoms with Crippen molar-refractivity contribution < 1.29 is 28.6 Å². The lowest BCUT2D eigenvalue weighted by Crippen LogP contribution is -2.30. The van der Waals surface area contributed by atoms with Crippen LogP contribution in [0.4, 0.5) is 0 Å². The van der Waals surface area contributed by atoms with E-state index in [2.05, 4.69) is 112 Å². The summed E-state index contributed by atoms with van der Waals surface area (Å²) in [6.07, 6.45) is 62.4. The highest BCUT2D eigenvalue weighted by molar-refractivity contribution is 5.71. The predicted octanol–water partition coefficient (Wildman–Crippen LogP) is 15.2. The molecule has 0 saturated carbocycles. The molecule has 0 fully saturated rings. The number of unbranched alkanes of at least 4 members (excludes halogenated alkanes) is 11. The maximum atomic E-state index is 12.7. The summed E-state index contributed by atoms with van der Waals surface area (Å²) in [5, 5.41) is 0. The molecule has 0 aromatic carbocycles. The molecule has 59 heavy (non-hydrogen) atoms. The summed E-state index contributed by atoms with van der Waals surface area (Å²) in [6.45, 7) is 6.24. The number of hydrogen-bond acceptors (Lipinski definition) is 6. The molecule has 0 aliphatic rings. The smallest absolute Gasteiger partial charge is 0.306 e. The molecule has 1 unspecified atom stereocenters. The Labute approximate surface area is 361 Å². The summed E-state index contributed by atoms with van der Waals surface area (Å²) in [5.41, 5.74) is 0. The molecule has 0 saturated heterocycles. The molecule has 0 aromatic rings. The molecule has 6 nitrogen and oxygen atoms in total. The zero-order chi connectivity index (χ0) is 43.0. The Morgan fingerprint density at radius 3 is 1.14 bits per heavy atom. The molecule has 0 amide bonds. The SMILES string of the molecule is CC/C=C\C/C=C\C/C=C\C/C=C\C/C=C\CCC(=O)OCC(COC(=O)CCCCCCC/C=C\C/C=C\CC)OC(=O)CC/C=C\C/C=C\CCCCCCCC. The van der Waals surface area contributed by atoms with Gasteiger partial charge >= 0.3 is 17.9 Å². The molecule has 1 atom stereocenters. The van der Waals surface area contributed by atoms with Gasteiger partial charge < -0.3 is 14.2 Å². The van der Waals surface area contributed by atoms with Crippen molar-refractivity contribution in [1.82, 2.24) is 0 Å². The third kappa shape index (κ3) is 45.0. The van der Waals surface area contributed by atoms with Crippen LogP contribution in [0.5, 0.6) is 0 Å². The largest absolute Gasteiger partial charge is 0.462 e. The Hall–Kier alpha value is -3.93. The van der Waals surface area contributed by atoms with Crippen molar-refractivity contribution >= 4 is 17.9 Å². The van der Waals surface area contributed by atoms with Gasteiger partial charge in [0.15, 0.2) is 6.10 Å². The van der Waals surface area contributed by atoms with Gasteiger partial charge in [-0.3, -0.25) is 14.4 Å². The number of ether oxygens (including phenoxy) is 3. The first kappa shape index (κ1) is 55.1. The second kappa shape index (κ2) is 46.8. The van der Waals surface area contributed by atoms with Crippen molar-refractivity contribution in [2.75, 3.05) is 13.2 Å². The summed E-state index contributed by atoms with van der Waals surface area (Å²) in [6, 6.07) is 0. The van der Waals surface area contributed by atoms with Crippen LogP contribution in [0.3, 0.4) is 0 Å². The molecule has 332 valence electrons. The fourth-order valence-electron chi connectivity index (χ4n) is 5.81. The van der Waals surface area contributed by atoms with Crippen molar-refractivity contribution in [3.63, 3.8) is 0 Å². The fourth-order valence-corrected chi connectivity index (χ4v) is 5.81. The number of carbonyl (C=O) groups is 3. The minimum absolute atomic E-state index is 0.133. The monoisotopic (exact) mass is 817 g/mol. The quantitative estimate of drug-likeness (QED) is 0.0265. The maximum absolute atomic E-state index is 12.7. The van der Waals surface area contributed by atoms with E-state index >= 15 is 0 Å². The minimum Gasteiger partial charge on any atom is -0.462 e. The standard InChI is InChI=1S/C53H84O6/c1-4-7-10-13-16-19-22-25-26-27-29-31-34-37-40-43-46-52(55)58-49-50(48-57-51(54)45-42-39-36-33-30-24-21-18-15-12-9-6-3)59-53(56)47-44-41-38-35-32-28-23-20-17-14-11-8-5-2/h7,9-10,12,16,18-19,21,25-26,28-29,31-32,37-38,40-41,50H,4-6,8,11,13-15,17,20,22-24,27,30,33-36,39,42-49H2,1-3H3/b10-7-,12-9-,19-16-,21-18-,26-25-,31-29-,32-28-,40-37-,41-38-. The van der Waals surface area contributed by atoms with Crippen LogP contribution in [-0.2, 0) is 28.6 Å². The van der Waals surface area contributed by atoms with E-state index < -0.39 is 12.1 Å². The molecule has 6 heteroatoms. The van der Waals surface area contributed by atoms with Crippen molar-refractivity contribution in [2.24, 2.45) is 0 Å². The Balaban J connectivity index is 4.60. The zero-order valence-corrected chi connectivity index (χ0v) is 37.7. The number of allylic oxidation sites excluding steroid dienone is 18. The average molecular weight is 817 g/mol. The van der Waals surface area contributed by atoms with Crippen LogP contribution in [0.1, 0.15) is 188 Å². The van der Waals surface area contributed by atoms with Crippen molar-refractivity contribution in [2.45, 2.75) is 194 Å². The van der Waals surface area contributed by atoms with Gasteiger partial charge in [-0.1, -0.05) is 182 Å². The van der Waals surface area contributed by atoms with Crippen LogP contribution in [0.2, 0.25) is 0 Å². The second-order valence-corrected chi connectivity index (χ2v) is 14.9. The number of hydrogen-bond donors (Lipinski definition) is 0. The van der Waals surface area contributed by atoms with E-state index in [1.165, 1.54) is 38.5 Å². The molecule has 0 radical (unpaired) electrons. The summed E-state index contributed by atoms with van der Waals surface area (Å²) < 4.78 is 16.6. The van der Waals surface area contributed by atoms with Gasteiger partial charge in [0.25, 0.3) is 0 Å². The molecule has 0 N–H and O–H groups in total. The lowest BCUT2D eigenvalue weighted by molar-refractivity contribution is -0.166. The Morgan fingerprint density at radius 1 is 0.356 bits per heavy atom. The summed E-state index contributed by atoms with van der Waals surface area (Å²) in [7, 11) is 0. The fraction of sp³-hybridized carbons (Fsp3) is 0.604. The van der Waals surface area contributed by atoms with E-state index in [-0.39, 0.29) is 38.0 Å². The van der Waals surface area contributed by atoms with Gasteiger partial charge in [0.1, 0.15) is 13.2 Å². The van der Waals surface area contributed by atoms with Crippen LogP contribution in [0, 0.1) is 0 Å². The van der Waals surface area contributed by atoms with Gasteiger partial charge in [-0.15, -0.1) is 0 Å². The lowest BCUT2D eigenvalue weighted by atomic mass is 10.1. The van der Waals surface area contributed by atoms with Gasteiger partial charge in [0.2, 0.25) is 0 Å². The summed E-state index contributed by atoms with van der Waals surface area (Å²) >= 11 is 0. The Kier molecular flexibility index (Phi) is 43.6. The van der Waals surface area contributed by atoms with E-state index in [9.17, 15) is 14.4 Å². The van der Waals surface area contributed by atoms with E-state index in [0.717, 1.165) is 96.3 Å². The summed E-state index contributed by atoms with van der Waals surface area (Å²) in [5.74, 6) is -1.11. The van der Waals surface area contributed by atoms with Gasteiger partial charge in [-0.2, -0.15) is 0 Å². The lowest BCUT2D eigenvalue weighted by Gasteiger charge is -2.18. The number of esters is 3. The maximum Gasteiger partial charge on any atom is 0.306 e. The van der Waals surface area contributed by atoms with Gasteiger partial charge in [-0.05, 0) is 96.3 Å². The van der Waals surface area contributed by atoms with Gasteiger partial charge in [0, 0.05) is 19.3 Å². The minimum atomic E-state index is -0.844. The molecule has 0 spiro atoms. The number of carbonyl (C=O) groups excluding carboxylic acids is 3. The molecule has 0 rings (SSSR count). The van der Waals surface area contributed by atoms with Crippen LogP contribution in [0.15, 0.2) is 109 Å². The van der Waals surface area contributed by atoms with Gasteiger partial charge in [0.05, 0.1) is 0 Å². The number of rotatable bonds is 40. The molecule has 0 aliphatic heterocycles. The highest BCUT2D eigenvalue weighted by atomic mass is 16.6. The normalized spacial score (nSPS) is 13.1. The van der Waals surface area contributed by atoms with E-state index in [4.69, 9.17) is 14.2 Å². The van der Waals surface area contributed by atoms with Crippen LogP contribution in [0.25, 0.3) is 0 Å². The third-order valence-corrected chi connectivity index (χ3v) is 9.27. The third-order valence-electron chi connectivity index (χ3n) is 9.27. The van der Waals surface area contributed by atoms with Crippen molar-refractivity contribution in [3.05, 3.63) is 109 Å². The Bertz CT molecular complexity index is 1260. The first-order chi connectivity index (χ1) is 29.0. The zero-order valence-electron chi connectivity index (χ0n) is 37.7. The molecule has 0 aliphatic carbocycles. The molecule has 0 bridgehead atoms. The highest BCUT2D eigenvalue weighted by Gasteiger charge is 2.19. The van der Waals surface area contributed by atoms with E-state index in [1.807, 2.05) is 18.2 Å². The van der Waals surface area contributed by atoms with Crippen molar-refractivity contribution in [1.29, 1.82) is 0 Å². The second-order valence-electron chi connectivity index (χ2n) is 14.9. The first-order valence-corrected chi connectivity index (χ1v) is 23.4. The summed E-state index contributed by atoms with van der Waals surface area (Å²) in [4.78, 5) is 37.7. The molecular weight excluding hydrogens is 733 g/mol. The topological polar surface area (TPSA) is 78.9 Å². The average Bonchev–Trinajstić information content (AvgIpc) is 3.23. The molecule has 0 heterocycles. The van der Waals surface area contributed by atoms with Crippen molar-refractivity contribution in [3.8, 4) is 0 Å². The van der Waals surface area contributed by atoms with Crippen LogP contribution >= 0.6 is 0 Å². The predicted molar refractivity (Wildman–Crippen MR) is 251 cm³/mol. The van der Waals surface area contributed by atoms with Crippen LogP contribution < -0.4 is 0 Å². The van der Waals surface area contributed by atoms with Gasteiger partial charge in [-0.25, -0.2) is 0 Å². The van der Waals surface area contributed by atoms with Crippen LogP contribution in [-0.4, -0.2) is 37.2 Å². The molecule has 0 aromatic heterocycles.